The molecule has 4 atom stereocenters. The number of halogens is 2. The Morgan fingerprint density at radius 2 is 1.92 bits per heavy atom. The highest BCUT2D eigenvalue weighted by Crippen LogP contribution is 2.31. The number of aliphatic hydroxyl groups is 3. The Balaban J connectivity index is 1.78. The highest BCUT2D eigenvalue weighted by atomic mass is 32.2. The average Bonchev–Trinajstić information content (AvgIpc) is 2.57. The van der Waals surface area contributed by atoms with Gasteiger partial charge in [-0.1, -0.05) is 0 Å². The molecule has 0 aliphatic carbocycles. The standard InChI is InChI=1S/C15H14F2N2O4S/c16-11-5-7(3-4-18-11)8-1-2-10(14(17)19-8)23-15-13(22)12(21)9(20)6-24-15/h1-5,9,12-13,15,20-22H,6H2/t9-,12+,13-,15-/m1/s1. The number of rotatable bonds is 3. The van der Waals surface area contributed by atoms with E-state index in [0.29, 0.717) is 5.56 Å². The molecule has 0 spiro atoms. The highest BCUT2D eigenvalue weighted by Gasteiger charge is 2.39. The van der Waals surface area contributed by atoms with Gasteiger partial charge in [0.25, 0.3) is 5.95 Å². The second kappa shape index (κ2) is 6.98. The molecule has 0 radical (unpaired) electrons. The molecule has 1 aliphatic rings. The van der Waals surface area contributed by atoms with Gasteiger partial charge in [0.15, 0.2) is 11.2 Å². The summed E-state index contributed by atoms with van der Waals surface area (Å²) in [4.78, 5) is 7.14. The number of aliphatic hydroxyl groups excluding tert-OH is 3. The first-order chi connectivity index (χ1) is 11.5. The molecular weight excluding hydrogens is 342 g/mol. The molecule has 3 heterocycles. The Kier molecular flexibility index (Phi) is 4.95. The van der Waals surface area contributed by atoms with E-state index in [1.807, 2.05) is 0 Å². The molecule has 6 nitrogen and oxygen atoms in total. The minimum atomic E-state index is -1.37. The molecule has 2 aromatic rings. The second-order valence-electron chi connectivity index (χ2n) is 5.22. The van der Waals surface area contributed by atoms with Crippen LogP contribution in [0.1, 0.15) is 0 Å². The average molecular weight is 356 g/mol. The molecule has 0 saturated carbocycles. The Morgan fingerprint density at radius 3 is 2.62 bits per heavy atom. The fraction of sp³-hybridized carbons (Fsp3) is 0.333. The van der Waals surface area contributed by atoms with Crippen molar-refractivity contribution in [1.29, 1.82) is 0 Å². The van der Waals surface area contributed by atoms with Crippen molar-refractivity contribution in [2.75, 3.05) is 5.75 Å². The van der Waals surface area contributed by atoms with Crippen LogP contribution in [0.4, 0.5) is 8.78 Å². The van der Waals surface area contributed by atoms with E-state index in [4.69, 9.17) is 4.74 Å². The van der Waals surface area contributed by atoms with Gasteiger partial charge in [-0.2, -0.15) is 8.78 Å². The predicted octanol–water partition coefficient (Wildman–Crippen LogP) is 0.956. The van der Waals surface area contributed by atoms with E-state index in [2.05, 4.69) is 9.97 Å². The lowest BCUT2D eigenvalue weighted by Crippen LogP contribution is -2.50. The van der Waals surface area contributed by atoms with Crippen LogP contribution in [0.25, 0.3) is 11.3 Å². The predicted molar refractivity (Wildman–Crippen MR) is 82.3 cm³/mol. The highest BCUT2D eigenvalue weighted by molar-refractivity contribution is 7.99. The summed E-state index contributed by atoms with van der Waals surface area (Å²) in [5, 5.41) is 29.0. The van der Waals surface area contributed by atoms with Gasteiger partial charge in [0.2, 0.25) is 5.95 Å². The van der Waals surface area contributed by atoms with Crippen molar-refractivity contribution < 1.29 is 28.8 Å². The van der Waals surface area contributed by atoms with Crippen LogP contribution in [-0.2, 0) is 0 Å². The second-order valence-corrected chi connectivity index (χ2v) is 6.35. The molecule has 3 N–H and O–H groups in total. The number of pyridine rings is 2. The van der Waals surface area contributed by atoms with E-state index in [0.717, 1.165) is 17.8 Å². The van der Waals surface area contributed by atoms with Crippen LogP contribution < -0.4 is 4.74 Å². The van der Waals surface area contributed by atoms with Crippen LogP contribution in [0.5, 0.6) is 5.75 Å². The third kappa shape index (κ3) is 3.48. The Hall–Kier alpha value is -1.81. The lowest BCUT2D eigenvalue weighted by molar-refractivity contribution is -0.0790. The number of ether oxygens (including phenoxy) is 1. The molecule has 3 rings (SSSR count). The number of thioether (sulfide) groups is 1. The van der Waals surface area contributed by atoms with Crippen molar-refractivity contribution in [3.63, 3.8) is 0 Å². The van der Waals surface area contributed by atoms with Gasteiger partial charge in [0.1, 0.15) is 12.2 Å². The smallest absolute Gasteiger partial charge is 0.255 e. The van der Waals surface area contributed by atoms with E-state index in [9.17, 15) is 24.1 Å². The van der Waals surface area contributed by atoms with Gasteiger partial charge in [0, 0.05) is 23.6 Å². The molecule has 1 fully saturated rings. The van der Waals surface area contributed by atoms with E-state index < -0.39 is 35.6 Å². The summed E-state index contributed by atoms with van der Waals surface area (Å²) in [6.07, 6.45) is -2.56. The maximum Gasteiger partial charge on any atom is 0.255 e. The van der Waals surface area contributed by atoms with E-state index in [1.54, 1.807) is 0 Å². The zero-order valence-electron chi connectivity index (χ0n) is 12.2. The quantitative estimate of drug-likeness (QED) is 0.705. The van der Waals surface area contributed by atoms with Crippen LogP contribution in [0.15, 0.2) is 30.5 Å². The van der Waals surface area contributed by atoms with Gasteiger partial charge in [-0.15, -0.1) is 11.8 Å². The molecule has 128 valence electrons. The molecular formula is C15H14F2N2O4S. The van der Waals surface area contributed by atoms with Crippen LogP contribution in [0.2, 0.25) is 0 Å². The molecule has 1 aliphatic heterocycles. The summed E-state index contributed by atoms with van der Waals surface area (Å²) >= 11 is 1.05. The van der Waals surface area contributed by atoms with Gasteiger partial charge in [-0.3, -0.25) is 0 Å². The molecule has 0 aromatic carbocycles. The summed E-state index contributed by atoms with van der Waals surface area (Å²) in [6, 6.07) is 5.36. The van der Waals surface area contributed by atoms with E-state index in [-0.39, 0.29) is 17.2 Å². The molecule has 2 aromatic heterocycles. The third-order valence-corrected chi connectivity index (χ3v) is 4.77. The molecule has 1 saturated heterocycles. The topological polar surface area (TPSA) is 95.7 Å². The molecule has 0 bridgehead atoms. The van der Waals surface area contributed by atoms with Crippen molar-refractivity contribution in [1.82, 2.24) is 9.97 Å². The van der Waals surface area contributed by atoms with Gasteiger partial charge >= 0.3 is 0 Å². The van der Waals surface area contributed by atoms with Gasteiger partial charge in [-0.05, 0) is 18.2 Å². The number of hydrogen-bond donors (Lipinski definition) is 3. The van der Waals surface area contributed by atoms with Gasteiger partial charge < -0.3 is 20.1 Å². The fourth-order valence-electron chi connectivity index (χ4n) is 2.24. The lowest BCUT2D eigenvalue weighted by atomic mass is 10.1. The molecule has 0 unspecified atom stereocenters. The number of aromatic nitrogens is 2. The first-order valence-electron chi connectivity index (χ1n) is 7.06. The summed E-state index contributed by atoms with van der Waals surface area (Å²) < 4.78 is 32.6. The minimum absolute atomic E-state index is 0.145. The SMILES string of the molecule is O[C@@H]1[C@@H](O)[C@H](Oc2ccc(-c3ccnc(F)c3)nc2F)SC[C@H]1O. The first-order valence-corrected chi connectivity index (χ1v) is 8.11. The third-order valence-electron chi connectivity index (χ3n) is 3.53. The number of nitrogens with zero attached hydrogens (tertiary/aromatic N) is 2. The van der Waals surface area contributed by atoms with E-state index >= 15 is 0 Å². The normalized spacial score (nSPS) is 27.0. The van der Waals surface area contributed by atoms with Crippen LogP contribution in [0, 0.1) is 11.9 Å². The molecule has 0 amide bonds. The van der Waals surface area contributed by atoms with Crippen molar-refractivity contribution in [2.45, 2.75) is 23.7 Å². The monoisotopic (exact) mass is 356 g/mol. The number of hydrogen-bond acceptors (Lipinski definition) is 7. The van der Waals surface area contributed by atoms with Crippen molar-refractivity contribution in [3.05, 3.63) is 42.4 Å². The fourth-order valence-corrected chi connectivity index (χ4v) is 3.35. The largest absolute Gasteiger partial charge is 0.472 e. The van der Waals surface area contributed by atoms with Crippen molar-refractivity contribution in [2.24, 2.45) is 0 Å². The Morgan fingerprint density at radius 1 is 1.12 bits per heavy atom. The summed E-state index contributed by atoms with van der Waals surface area (Å²) in [6.45, 7) is 0. The van der Waals surface area contributed by atoms with Gasteiger partial charge in [-0.25, -0.2) is 9.97 Å². The maximum absolute atomic E-state index is 14.1. The lowest BCUT2D eigenvalue weighted by Gasteiger charge is -2.34. The Bertz CT molecular complexity index is 736. The Labute approximate surface area is 140 Å². The maximum atomic E-state index is 14.1. The van der Waals surface area contributed by atoms with Crippen molar-refractivity contribution >= 4 is 11.8 Å². The van der Waals surface area contributed by atoms with Gasteiger partial charge in [0.05, 0.1) is 11.8 Å². The zero-order valence-corrected chi connectivity index (χ0v) is 13.0. The molecule has 24 heavy (non-hydrogen) atoms. The summed E-state index contributed by atoms with van der Waals surface area (Å²) in [7, 11) is 0. The summed E-state index contributed by atoms with van der Waals surface area (Å²) in [5.41, 5.74) is -0.379. The van der Waals surface area contributed by atoms with E-state index in [1.165, 1.54) is 24.4 Å². The van der Waals surface area contributed by atoms with Crippen LogP contribution in [0.3, 0.4) is 0 Å². The summed E-state index contributed by atoms with van der Waals surface area (Å²) in [5.74, 6) is -1.71. The van der Waals surface area contributed by atoms with Crippen LogP contribution >= 0.6 is 11.8 Å². The first kappa shape index (κ1) is 17.0. The zero-order chi connectivity index (χ0) is 17.3. The molecule has 9 heteroatoms. The van der Waals surface area contributed by atoms with Crippen LogP contribution in [-0.4, -0.2) is 54.8 Å². The minimum Gasteiger partial charge on any atom is -0.472 e. The van der Waals surface area contributed by atoms with Crippen molar-refractivity contribution in [3.8, 4) is 17.0 Å².